The van der Waals surface area contributed by atoms with E-state index in [4.69, 9.17) is 8.83 Å². The molecule has 0 spiro atoms. The Kier molecular flexibility index (Phi) is 6.47. The van der Waals surface area contributed by atoms with E-state index < -0.39 is 0 Å². The summed E-state index contributed by atoms with van der Waals surface area (Å²) in [4.78, 5) is 2.35. The maximum Gasteiger partial charge on any atom is 0.159 e. The van der Waals surface area contributed by atoms with Gasteiger partial charge in [-0.1, -0.05) is 115 Å². The number of allylic oxidation sites excluding steroid dienone is 4. The second-order valence-electron chi connectivity index (χ2n) is 13.9. The van der Waals surface area contributed by atoms with Gasteiger partial charge in [0.15, 0.2) is 5.58 Å². The zero-order chi connectivity index (χ0) is 34.2. The van der Waals surface area contributed by atoms with E-state index in [1.165, 1.54) is 43.9 Å². The van der Waals surface area contributed by atoms with Crippen molar-refractivity contribution in [2.45, 2.75) is 25.3 Å². The van der Waals surface area contributed by atoms with E-state index in [0.717, 1.165) is 69.6 Å². The molecule has 52 heavy (non-hydrogen) atoms. The Hall–Kier alpha value is -6.52. The van der Waals surface area contributed by atoms with E-state index in [9.17, 15) is 0 Å². The van der Waals surface area contributed by atoms with Crippen LogP contribution in [0.3, 0.4) is 0 Å². The molecule has 1 atom stereocenters. The largest absolute Gasteiger partial charge is 0.460 e. The summed E-state index contributed by atoms with van der Waals surface area (Å²) >= 11 is 0. The van der Waals surface area contributed by atoms with Gasteiger partial charge in [0, 0.05) is 50.4 Å². The van der Waals surface area contributed by atoms with Crippen LogP contribution in [0.5, 0.6) is 0 Å². The second kappa shape index (κ2) is 11.5. The van der Waals surface area contributed by atoms with Crippen LogP contribution in [0.15, 0.2) is 172 Å². The number of anilines is 2. The average molecular weight is 671 g/mol. The van der Waals surface area contributed by atoms with Crippen LogP contribution in [0.1, 0.15) is 30.2 Å². The minimum Gasteiger partial charge on any atom is -0.460 e. The Bertz CT molecular complexity index is 2930. The van der Waals surface area contributed by atoms with E-state index in [1.807, 2.05) is 6.07 Å². The van der Waals surface area contributed by atoms with Crippen molar-refractivity contribution in [3.63, 3.8) is 0 Å². The van der Waals surface area contributed by atoms with Crippen molar-refractivity contribution in [3.8, 4) is 11.1 Å². The van der Waals surface area contributed by atoms with Gasteiger partial charge < -0.3 is 18.3 Å². The molecule has 11 rings (SSSR count). The van der Waals surface area contributed by atoms with Crippen molar-refractivity contribution >= 4 is 72.2 Å². The molecule has 3 heterocycles. The number of rotatable bonds is 5. The maximum atomic E-state index is 6.64. The number of nitrogens with zero attached hydrogens (tertiary/aromatic N) is 2. The molecule has 0 radical (unpaired) electrons. The fourth-order valence-corrected chi connectivity index (χ4v) is 8.57. The molecule has 4 heteroatoms. The highest BCUT2D eigenvalue weighted by Crippen LogP contribution is 2.44. The Balaban J connectivity index is 1.04. The lowest BCUT2D eigenvalue weighted by molar-refractivity contribution is 0.549. The third-order valence-electron chi connectivity index (χ3n) is 11.0. The number of hydrogen-bond acceptors (Lipinski definition) is 3. The highest BCUT2D eigenvalue weighted by Gasteiger charge is 2.26. The zero-order valence-corrected chi connectivity index (χ0v) is 28.5. The minimum absolute atomic E-state index is 0.136. The molecule has 9 aromatic rings. The summed E-state index contributed by atoms with van der Waals surface area (Å²) in [5.74, 6) is 1.10. The lowest BCUT2D eigenvalue weighted by Crippen LogP contribution is -2.18. The topological polar surface area (TPSA) is 34.5 Å². The molecule has 0 N–H and O–H groups in total. The average Bonchev–Trinajstić information content (AvgIpc) is 3.89. The lowest BCUT2D eigenvalue weighted by Gasteiger charge is -2.30. The van der Waals surface area contributed by atoms with Gasteiger partial charge in [-0.05, 0) is 72.5 Å². The number of aryl methyl sites for hydroxylation is 1. The third-order valence-corrected chi connectivity index (χ3v) is 11.0. The van der Waals surface area contributed by atoms with E-state index in [1.54, 1.807) is 0 Å². The number of fused-ring (bicyclic) bond motifs is 10. The first-order valence-corrected chi connectivity index (χ1v) is 18.2. The minimum atomic E-state index is 0.136. The van der Waals surface area contributed by atoms with Crippen molar-refractivity contribution in [1.29, 1.82) is 0 Å². The SMILES string of the molecule is C1=Cc2c(oc3c2ccc2c3c3ccccc3n2C2C=CC(N(c3ccc(-c4ccccc4)cc3)c3cccc4c3oc3ccccc34)=CC2)CC1. The van der Waals surface area contributed by atoms with Gasteiger partial charge in [-0.3, -0.25) is 0 Å². The molecule has 0 bridgehead atoms. The number of hydrogen-bond donors (Lipinski definition) is 0. The summed E-state index contributed by atoms with van der Waals surface area (Å²) in [5, 5.41) is 5.88. The van der Waals surface area contributed by atoms with E-state index in [0.29, 0.717) is 0 Å². The predicted octanol–water partition coefficient (Wildman–Crippen LogP) is 13.3. The lowest BCUT2D eigenvalue weighted by atomic mass is 10.0. The molecular weight excluding hydrogens is 637 g/mol. The highest BCUT2D eigenvalue weighted by molar-refractivity contribution is 6.20. The van der Waals surface area contributed by atoms with Crippen LogP contribution in [-0.4, -0.2) is 4.57 Å². The Morgan fingerprint density at radius 2 is 1.38 bits per heavy atom. The van der Waals surface area contributed by atoms with Gasteiger partial charge in [0.25, 0.3) is 0 Å². The van der Waals surface area contributed by atoms with Crippen molar-refractivity contribution < 1.29 is 8.83 Å². The van der Waals surface area contributed by atoms with Gasteiger partial charge in [0.05, 0.1) is 22.6 Å². The van der Waals surface area contributed by atoms with Crippen LogP contribution in [0.2, 0.25) is 0 Å². The van der Waals surface area contributed by atoms with Crippen LogP contribution in [-0.2, 0) is 6.42 Å². The molecule has 248 valence electrons. The summed E-state index contributed by atoms with van der Waals surface area (Å²) in [6.45, 7) is 0. The molecule has 2 aliphatic carbocycles. The number of furan rings is 2. The second-order valence-corrected chi connectivity index (χ2v) is 13.9. The molecule has 0 saturated heterocycles. The van der Waals surface area contributed by atoms with Crippen LogP contribution in [0, 0.1) is 0 Å². The fraction of sp³-hybridized carbons (Fsp3) is 0.0833. The smallest absolute Gasteiger partial charge is 0.159 e. The third kappa shape index (κ3) is 4.40. The Labute approximate surface area is 300 Å². The number of para-hydroxylation sites is 3. The molecular formula is C48H34N2O2. The highest BCUT2D eigenvalue weighted by atomic mass is 16.3. The predicted molar refractivity (Wildman–Crippen MR) is 215 cm³/mol. The zero-order valence-electron chi connectivity index (χ0n) is 28.5. The van der Waals surface area contributed by atoms with Gasteiger partial charge in [-0.25, -0.2) is 0 Å². The van der Waals surface area contributed by atoms with Crippen molar-refractivity contribution in [2.75, 3.05) is 4.90 Å². The number of aromatic nitrogens is 1. The fourth-order valence-electron chi connectivity index (χ4n) is 8.57. The first kappa shape index (κ1) is 29.2. The molecule has 4 nitrogen and oxygen atoms in total. The molecule has 1 unspecified atom stereocenters. The normalized spacial score (nSPS) is 15.6. The van der Waals surface area contributed by atoms with Gasteiger partial charge in [0.2, 0.25) is 0 Å². The Morgan fingerprint density at radius 3 is 2.25 bits per heavy atom. The monoisotopic (exact) mass is 670 g/mol. The summed E-state index contributed by atoms with van der Waals surface area (Å²) in [6, 6.07) is 47.7. The van der Waals surface area contributed by atoms with Crippen LogP contribution in [0.4, 0.5) is 11.4 Å². The standard InChI is InChI=1S/C48H34N2O2/c1-2-11-31(12-3-1)32-21-23-33(24-22-32)49(43-18-10-16-38-36-13-5-8-19-44(36)51-47(38)43)34-25-27-35(28-26-34)50-41-17-7-4-15-40(41)46-42(50)30-29-39-37-14-6-9-20-45(37)52-48(39)46/h1-8,10-19,21-27,29-30,35H,9,20,28H2. The summed E-state index contributed by atoms with van der Waals surface area (Å²) in [7, 11) is 0. The first-order valence-electron chi connectivity index (χ1n) is 18.2. The van der Waals surface area contributed by atoms with E-state index in [-0.39, 0.29) is 6.04 Å². The molecule has 0 fully saturated rings. The quantitative estimate of drug-likeness (QED) is 0.183. The molecule has 2 aliphatic rings. The van der Waals surface area contributed by atoms with Crippen LogP contribution < -0.4 is 4.90 Å². The first-order chi connectivity index (χ1) is 25.8. The van der Waals surface area contributed by atoms with Crippen molar-refractivity contribution in [1.82, 2.24) is 4.57 Å². The van der Waals surface area contributed by atoms with Crippen LogP contribution >= 0.6 is 0 Å². The van der Waals surface area contributed by atoms with Gasteiger partial charge in [-0.2, -0.15) is 0 Å². The molecule has 0 amide bonds. The van der Waals surface area contributed by atoms with Crippen molar-refractivity contribution in [2.24, 2.45) is 0 Å². The summed E-state index contributed by atoms with van der Waals surface area (Å²) in [5.41, 5.74) is 12.1. The van der Waals surface area contributed by atoms with Crippen LogP contribution in [0.25, 0.3) is 71.9 Å². The van der Waals surface area contributed by atoms with E-state index in [2.05, 4.69) is 167 Å². The Morgan fingerprint density at radius 1 is 0.596 bits per heavy atom. The number of benzene rings is 6. The maximum absolute atomic E-state index is 6.64. The van der Waals surface area contributed by atoms with E-state index >= 15 is 0 Å². The molecule has 0 saturated carbocycles. The molecule has 3 aromatic heterocycles. The van der Waals surface area contributed by atoms with Crippen molar-refractivity contribution in [3.05, 3.63) is 175 Å². The summed E-state index contributed by atoms with van der Waals surface area (Å²) < 4.78 is 15.7. The van der Waals surface area contributed by atoms with Gasteiger partial charge in [0.1, 0.15) is 16.9 Å². The van der Waals surface area contributed by atoms with Gasteiger partial charge >= 0.3 is 0 Å². The van der Waals surface area contributed by atoms with Gasteiger partial charge in [-0.15, -0.1) is 0 Å². The summed E-state index contributed by atoms with van der Waals surface area (Å²) in [6.07, 6.45) is 14.3. The molecule has 6 aromatic carbocycles. The molecule has 0 aliphatic heterocycles.